The fourth-order valence-electron chi connectivity index (χ4n) is 2.67. The maximum absolute atomic E-state index is 10.1. The Bertz CT molecular complexity index is 423. The second-order valence-corrected chi connectivity index (χ2v) is 5.79. The van der Waals surface area contributed by atoms with Gasteiger partial charge >= 0.3 is 0 Å². The highest BCUT2D eigenvalue weighted by Crippen LogP contribution is 2.31. The van der Waals surface area contributed by atoms with Crippen LogP contribution in [0.5, 0.6) is 0 Å². The van der Waals surface area contributed by atoms with Crippen molar-refractivity contribution in [3.8, 4) is 0 Å². The van der Waals surface area contributed by atoms with E-state index in [0.29, 0.717) is 13.2 Å². The summed E-state index contributed by atoms with van der Waals surface area (Å²) in [6.45, 7) is 5.86. The number of para-hydroxylation sites is 1. The third-order valence-electron chi connectivity index (χ3n) is 3.67. The second kappa shape index (κ2) is 7.07. The first-order chi connectivity index (χ1) is 9.58. The molecule has 0 spiro atoms. The van der Waals surface area contributed by atoms with E-state index in [1.54, 1.807) is 0 Å². The van der Waals surface area contributed by atoms with Crippen molar-refractivity contribution >= 4 is 5.69 Å². The van der Waals surface area contributed by atoms with Crippen molar-refractivity contribution in [1.29, 1.82) is 0 Å². The van der Waals surface area contributed by atoms with Crippen molar-refractivity contribution in [2.75, 3.05) is 24.6 Å². The van der Waals surface area contributed by atoms with Crippen LogP contribution in [0.4, 0.5) is 5.69 Å². The SMILES string of the molecule is CC(C)OCC(O)CN1CCCC(N)c2ccccc21. The van der Waals surface area contributed by atoms with Gasteiger partial charge in [0.05, 0.1) is 18.8 Å². The molecule has 0 fully saturated rings. The molecule has 0 amide bonds. The zero-order valence-electron chi connectivity index (χ0n) is 12.5. The number of benzene rings is 1. The summed E-state index contributed by atoms with van der Waals surface area (Å²) in [4.78, 5) is 2.23. The van der Waals surface area contributed by atoms with Gasteiger partial charge < -0.3 is 20.5 Å². The van der Waals surface area contributed by atoms with E-state index in [1.807, 2.05) is 26.0 Å². The molecule has 1 heterocycles. The van der Waals surface area contributed by atoms with Crippen LogP contribution in [0.1, 0.15) is 38.3 Å². The van der Waals surface area contributed by atoms with Gasteiger partial charge in [-0.15, -0.1) is 0 Å². The van der Waals surface area contributed by atoms with Crippen molar-refractivity contribution in [2.24, 2.45) is 5.73 Å². The fourth-order valence-corrected chi connectivity index (χ4v) is 2.67. The van der Waals surface area contributed by atoms with Crippen LogP contribution in [0.25, 0.3) is 0 Å². The van der Waals surface area contributed by atoms with Gasteiger partial charge in [0.25, 0.3) is 0 Å². The Morgan fingerprint density at radius 3 is 2.90 bits per heavy atom. The smallest absolute Gasteiger partial charge is 0.0948 e. The Morgan fingerprint density at radius 1 is 1.40 bits per heavy atom. The molecular formula is C16H26N2O2. The van der Waals surface area contributed by atoms with Crippen LogP contribution in [0.15, 0.2) is 24.3 Å². The van der Waals surface area contributed by atoms with E-state index in [0.717, 1.165) is 25.1 Å². The molecule has 20 heavy (non-hydrogen) atoms. The molecule has 0 radical (unpaired) electrons. The van der Waals surface area contributed by atoms with Crippen molar-refractivity contribution in [3.63, 3.8) is 0 Å². The van der Waals surface area contributed by atoms with Crippen LogP contribution in [0.3, 0.4) is 0 Å². The minimum Gasteiger partial charge on any atom is -0.389 e. The summed E-state index contributed by atoms with van der Waals surface area (Å²) in [6.07, 6.45) is 1.72. The normalized spacial score (nSPS) is 20.6. The average Bonchev–Trinajstić information content (AvgIpc) is 2.58. The Morgan fingerprint density at radius 2 is 2.15 bits per heavy atom. The zero-order valence-corrected chi connectivity index (χ0v) is 12.5. The van der Waals surface area contributed by atoms with E-state index in [4.69, 9.17) is 10.5 Å². The van der Waals surface area contributed by atoms with Crippen LogP contribution in [-0.4, -0.2) is 37.0 Å². The largest absolute Gasteiger partial charge is 0.389 e. The van der Waals surface area contributed by atoms with Gasteiger partial charge in [-0.1, -0.05) is 18.2 Å². The summed E-state index contributed by atoms with van der Waals surface area (Å²) in [5.41, 5.74) is 8.56. The van der Waals surface area contributed by atoms with Crippen molar-refractivity contribution in [1.82, 2.24) is 0 Å². The second-order valence-electron chi connectivity index (χ2n) is 5.79. The molecule has 2 atom stereocenters. The molecule has 0 aromatic heterocycles. The van der Waals surface area contributed by atoms with Crippen molar-refractivity contribution in [2.45, 2.75) is 44.9 Å². The highest BCUT2D eigenvalue weighted by Gasteiger charge is 2.21. The van der Waals surface area contributed by atoms with E-state index >= 15 is 0 Å². The maximum Gasteiger partial charge on any atom is 0.0948 e. The van der Waals surface area contributed by atoms with Gasteiger partial charge in [0.2, 0.25) is 0 Å². The summed E-state index contributed by atoms with van der Waals surface area (Å²) < 4.78 is 5.48. The first-order valence-electron chi connectivity index (χ1n) is 7.47. The topological polar surface area (TPSA) is 58.7 Å². The first kappa shape index (κ1) is 15.3. The number of fused-ring (bicyclic) bond motifs is 1. The predicted molar refractivity (Wildman–Crippen MR) is 81.9 cm³/mol. The minimum atomic E-state index is -0.472. The van der Waals surface area contributed by atoms with E-state index < -0.39 is 6.10 Å². The maximum atomic E-state index is 10.1. The molecule has 1 aliphatic rings. The lowest BCUT2D eigenvalue weighted by molar-refractivity contribution is 0.00890. The molecule has 4 heteroatoms. The predicted octanol–water partition coefficient (Wildman–Crippen LogP) is 2.07. The molecule has 0 saturated carbocycles. The minimum absolute atomic E-state index is 0.0975. The molecule has 2 unspecified atom stereocenters. The number of rotatable bonds is 5. The lowest BCUT2D eigenvalue weighted by atomic mass is 10.0. The van der Waals surface area contributed by atoms with E-state index in [9.17, 15) is 5.11 Å². The van der Waals surface area contributed by atoms with Gasteiger partial charge in [-0.25, -0.2) is 0 Å². The van der Waals surface area contributed by atoms with Gasteiger partial charge in [0.15, 0.2) is 0 Å². The zero-order chi connectivity index (χ0) is 14.5. The van der Waals surface area contributed by atoms with Crippen LogP contribution in [0.2, 0.25) is 0 Å². The standard InChI is InChI=1S/C16H26N2O2/c1-12(2)20-11-13(19)10-18-9-5-7-15(17)14-6-3-4-8-16(14)18/h3-4,6,8,12-13,15,19H,5,7,9-11,17H2,1-2H3. The molecule has 0 saturated heterocycles. The van der Waals surface area contributed by atoms with Crippen LogP contribution < -0.4 is 10.6 Å². The molecule has 0 bridgehead atoms. The number of nitrogens with two attached hydrogens (primary N) is 1. The number of ether oxygens (including phenoxy) is 1. The first-order valence-corrected chi connectivity index (χ1v) is 7.47. The van der Waals surface area contributed by atoms with Crippen LogP contribution >= 0.6 is 0 Å². The Hall–Kier alpha value is -1.10. The molecule has 3 N–H and O–H groups in total. The fraction of sp³-hybridized carbons (Fsp3) is 0.625. The Labute approximate surface area is 121 Å². The summed E-state index contributed by atoms with van der Waals surface area (Å²) in [7, 11) is 0. The van der Waals surface area contributed by atoms with E-state index in [-0.39, 0.29) is 12.1 Å². The number of anilines is 1. The number of hydrogen-bond acceptors (Lipinski definition) is 4. The number of β-amino-alcohol motifs (C(OH)–C–C–N with tert-alkyl or cyclic N) is 1. The number of aliphatic hydroxyl groups is 1. The van der Waals surface area contributed by atoms with Crippen molar-refractivity contribution in [3.05, 3.63) is 29.8 Å². The molecule has 2 rings (SSSR count). The molecule has 1 aromatic carbocycles. The molecule has 0 aliphatic carbocycles. The van der Waals surface area contributed by atoms with Gasteiger partial charge in [0.1, 0.15) is 0 Å². The van der Waals surface area contributed by atoms with Gasteiger partial charge in [-0.3, -0.25) is 0 Å². The summed E-state index contributed by atoms with van der Waals surface area (Å²) in [5, 5.41) is 10.1. The quantitative estimate of drug-likeness (QED) is 0.865. The lowest BCUT2D eigenvalue weighted by Crippen LogP contribution is -2.36. The monoisotopic (exact) mass is 278 g/mol. The lowest BCUT2D eigenvalue weighted by Gasteiger charge is -2.28. The number of hydrogen-bond donors (Lipinski definition) is 2. The molecule has 1 aromatic rings. The number of nitrogens with zero attached hydrogens (tertiary/aromatic N) is 1. The van der Waals surface area contributed by atoms with Crippen molar-refractivity contribution < 1.29 is 9.84 Å². The third-order valence-corrected chi connectivity index (χ3v) is 3.67. The summed E-state index contributed by atoms with van der Waals surface area (Å²) in [5.74, 6) is 0. The highest BCUT2D eigenvalue weighted by atomic mass is 16.5. The molecule has 4 nitrogen and oxygen atoms in total. The highest BCUT2D eigenvalue weighted by molar-refractivity contribution is 5.55. The van der Waals surface area contributed by atoms with E-state index in [2.05, 4.69) is 17.0 Å². The molecular weight excluding hydrogens is 252 g/mol. The summed E-state index contributed by atoms with van der Waals surface area (Å²) >= 11 is 0. The molecule has 112 valence electrons. The Balaban J connectivity index is 2.06. The number of aliphatic hydroxyl groups excluding tert-OH is 1. The van der Waals surface area contributed by atoms with Gasteiger partial charge in [0, 0.05) is 24.8 Å². The van der Waals surface area contributed by atoms with Gasteiger partial charge in [-0.2, -0.15) is 0 Å². The van der Waals surface area contributed by atoms with Crippen LogP contribution in [0, 0.1) is 0 Å². The third kappa shape index (κ3) is 3.95. The average molecular weight is 278 g/mol. The van der Waals surface area contributed by atoms with Gasteiger partial charge in [-0.05, 0) is 38.3 Å². The van der Waals surface area contributed by atoms with Crippen LogP contribution in [-0.2, 0) is 4.74 Å². The molecule has 1 aliphatic heterocycles. The van der Waals surface area contributed by atoms with E-state index in [1.165, 1.54) is 5.56 Å². The summed E-state index contributed by atoms with van der Waals surface area (Å²) in [6, 6.07) is 8.34. The Kier molecular flexibility index (Phi) is 5.40.